The van der Waals surface area contributed by atoms with Crippen LogP contribution < -0.4 is 0 Å². The molecule has 0 aliphatic carbocycles. The van der Waals surface area contributed by atoms with Crippen LogP contribution in [0.2, 0.25) is 0 Å². The van der Waals surface area contributed by atoms with Crippen molar-refractivity contribution >= 4 is 21.9 Å². The van der Waals surface area contributed by atoms with E-state index >= 15 is 0 Å². The SMILES string of the molecule is CCOC(=O)c1ccc(C(F)(F)F)nc1COCc1nc(Br)n(C)n1. The van der Waals surface area contributed by atoms with Crippen LogP contribution in [0.15, 0.2) is 16.9 Å². The Labute approximate surface area is 149 Å². The van der Waals surface area contributed by atoms with Crippen molar-refractivity contribution in [2.24, 2.45) is 7.05 Å². The third-order valence-corrected chi connectivity index (χ3v) is 3.67. The summed E-state index contributed by atoms with van der Waals surface area (Å²) in [6, 6.07) is 1.76. The van der Waals surface area contributed by atoms with E-state index in [1.54, 1.807) is 14.0 Å². The van der Waals surface area contributed by atoms with Crippen molar-refractivity contribution < 1.29 is 27.4 Å². The van der Waals surface area contributed by atoms with Crippen LogP contribution in [0.1, 0.15) is 34.5 Å². The maximum Gasteiger partial charge on any atom is 0.433 e. The van der Waals surface area contributed by atoms with Gasteiger partial charge in [-0.3, -0.25) is 0 Å². The molecule has 2 aromatic heterocycles. The number of halogens is 4. The van der Waals surface area contributed by atoms with Crippen LogP contribution in [0.4, 0.5) is 13.2 Å². The van der Waals surface area contributed by atoms with E-state index < -0.39 is 17.8 Å². The second kappa shape index (κ2) is 7.91. The van der Waals surface area contributed by atoms with Gasteiger partial charge in [-0.25, -0.2) is 19.4 Å². The van der Waals surface area contributed by atoms with Crippen molar-refractivity contribution in [3.05, 3.63) is 39.6 Å². The second-order valence-electron chi connectivity index (χ2n) is 4.82. The highest BCUT2D eigenvalue weighted by molar-refractivity contribution is 9.10. The first kappa shape index (κ1) is 19.3. The quantitative estimate of drug-likeness (QED) is 0.665. The van der Waals surface area contributed by atoms with Crippen molar-refractivity contribution in [1.29, 1.82) is 0 Å². The van der Waals surface area contributed by atoms with E-state index in [-0.39, 0.29) is 31.1 Å². The molecule has 0 aliphatic rings. The average Bonchev–Trinajstić information content (AvgIpc) is 2.85. The Balaban J connectivity index is 2.18. The molecule has 0 radical (unpaired) electrons. The summed E-state index contributed by atoms with van der Waals surface area (Å²) < 4.78 is 50.6. The molecule has 7 nitrogen and oxygen atoms in total. The summed E-state index contributed by atoms with van der Waals surface area (Å²) in [6.45, 7) is 1.30. The standard InChI is InChI=1S/C14H14BrF3N4O3/c1-3-25-12(23)8-4-5-10(14(16,17)18)19-9(8)6-24-7-11-20-13(15)22(2)21-11/h4-5H,3,6-7H2,1-2H3. The van der Waals surface area contributed by atoms with Gasteiger partial charge in [0.2, 0.25) is 0 Å². The highest BCUT2D eigenvalue weighted by Crippen LogP contribution is 2.28. The summed E-state index contributed by atoms with van der Waals surface area (Å²) in [6.07, 6.45) is -4.63. The third kappa shape index (κ3) is 4.98. The Morgan fingerprint density at radius 1 is 1.28 bits per heavy atom. The molecule has 0 amide bonds. The van der Waals surface area contributed by atoms with Gasteiger partial charge in [-0.1, -0.05) is 0 Å². The van der Waals surface area contributed by atoms with Crippen LogP contribution in [0.5, 0.6) is 0 Å². The molecule has 0 unspecified atom stereocenters. The lowest BCUT2D eigenvalue weighted by Gasteiger charge is -2.12. The molecule has 0 fully saturated rings. The highest BCUT2D eigenvalue weighted by Gasteiger charge is 2.33. The van der Waals surface area contributed by atoms with Gasteiger partial charge in [0.1, 0.15) is 12.3 Å². The molecule has 0 saturated heterocycles. The summed E-state index contributed by atoms with van der Waals surface area (Å²) >= 11 is 3.17. The molecule has 136 valence electrons. The molecule has 0 atom stereocenters. The fourth-order valence-electron chi connectivity index (χ4n) is 1.88. The van der Waals surface area contributed by atoms with Gasteiger partial charge in [0, 0.05) is 7.05 Å². The zero-order chi connectivity index (χ0) is 18.6. The molecule has 0 bridgehead atoms. The first-order chi connectivity index (χ1) is 11.7. The van der Waals surface area contributed by atoms with Crippen molar-refractivity contribution in [2.45, 2.75) is 26.3 Å². The maximum absolute atomic E-state index is 12.8. The van der Waals surface area contributed by atoms with E-state index in [1.807, 2.05) is 0 Å². The Bertz CT molecular complexity index is 745. The van der Waals surface area contributed by atoms with Gasteiger partial charge in [-0.2, -0.15) is 18.3 Å². The van der Waals surface area contributed by atoms with Crippen molar-refractivity contribution in [2.75, 3.05) is 6.61 Å². The van der Waals surface area contributed by atoms with Gasteiger partial charge in [0.25, 0.3) is 0 Å². The summed E-state index contributed by atoms with van der Waals surface area (Å²) in [5.41, 5.74) is -1.36. The van der Waals surface area contributed by atoms with Gasteiger partial charge in [-0.15, -0.1) is 0 Å². The number of esters is 1. The monoisotopic (exact) mass is 422 g/mol. The summed E-state index contributed by atoms with van der Waals surface area (Å²) in [5, 5.41) is 4.03. The zero-order valence-corrected chi connectivity index (χ0v) is 14.9. The van der Waals surface area contributed by atoms with Crippen LogP contribution in [-0.2, 0) is 35.9 Å². The molecular weight excluding hydrogens is 409 g/mol. The Morgan fingerprint density at radius 3 is 2.56 bits per heavy atom. The van der Waals surface area contributed by atoms with E-state index in [2.05, 4.69) is 31.0 Å². The lowest BCUT2D eigenvalue weighted by atomic mass is 10.1. The van der Waals surface area contributed by atoms with Crippen molar-refractivity contribution in [3.63, 3.8) is 0 Å². The predicted molar refractivity (Wildman–Crippen MR) is 82.4 cm³/mol. The number of ether oxygens (including phenoxy) is 2. The summed E-state index contributed by atoms with van der Waals surface area (Å²) in [7, 11) is 1.66. The van der Waals surface area contributed by atoms with E-state index in [9.17, 15) is 18.0 Å². The molecule has 0 aliphatic heterocycles. The number of pyridine rings is 1. The molecule has 2 heterocycles. The van der Waals surface area contributed by atoms with Crippen LogP contribution in [0.3, 0.4) is 0 Å². The number of carbonyl (C=O) groups excluding carboxylic acids is 1. The zero-order valence-electron chi connectivity index (χ0n) is 13.3. The first-order valence-corrected chi connectivity index (χ1v) is 7.89. The van der Waals surface area contributed by atoms with E-state index in [4.69, 9.17) is 9.47 Å². The number of hydrogen-bond acceptors (Lipinski definition) is 6. The minimum absolute atomic E-state index is 0.0559. The van der Waals surface area contributed by atoms with Gasteiger partial charge in [0.05, 0.1) is 24.5 Å². The van der Waals surface area contributed by atoms with Crippen LogP contribution in [-0.4, -0.2) is 32.3 Å². The minimum atomic E-state index is -4.63. The van der Waals surface area contributed by atoms with Gasteiger partial charge in [0.15, 0.2) is 10.6 Å². The lowest BCUT2D eigenvalue weighted by Crippen LogP contribution is -2.15. The van der Waals surface area contributed by atoms with Gasteiger partial charge in [-0.05, 0) is 35.0 Å². The fraction of sp³-hybridized carbons (Fsp3) is 0.429. The van der Waals surface area contributed by atoms with Crippen LogP contribution in [0.25, 0.3) is 0 Å². The highest BCUT2D eigenvalue weighted by atomic mass is 79.9. The first-order valence-electron chi connectivity index (χ1n) is 7.09. The van der Waals surface area contributed by atoms with Crippen LogP contribution >= 0.6 is 15.9 Å². The van der Waals surface area contributed by atoms with Crippen molar-refractivity contribution in [1.82, 2.24) is 19.7 Å². The Kier molecular flexibility index (Phi) is 6.11. The average molecular weight is 423 g/mol. The number of carbonyl (C=O) groups is 1. The Hall–Kier alpha value is -2.01. The number of hydrogen-bond donors (Lipinski definition) is 0. The third-order valence-electron chi connectivity index (χ3n) is 2.98. The summed E-state index contributed by atoms with van der Waals surface area (Å²) in [4.78, 5) is 19.4. The summed E-state index contributed by atoms with van der Waals surface area (Å²) in [5.74, 6) is -0.430. The Morgan fingerprint density at radius 2 is 2.00 bits per heavy atom. The van der Waals surface area contributed by atoms with E-state index in [0.717, 1.165) is 12.1 Å². The molecule has 0 N–H and O–H groups in total. The number of nitrogens with zero attached hydrogens (tertiary/aromatic N) is 4. The van der Waals surface area contributed by atoms with Crippen LogP contribution in [0, 0.1) is 0 Å². The van der Waals surface area contributed by atoms with E-state index in [1.165, 1.54) is 4.68 Å². The maximum atomic E-state index is 12.8. The van der Waals surface area contributed by atoms with Crippen molar-refractivity contribution in [3.8, 4) is 0 Å². The molecule has 0 saturated carbocycles. The topological polar surface area (TPSA) is 79.1 Å². The minimum Gasteiger partial charge on any atom is -0.462 e. The molecule has 2 aromatic rings. The molecule has 0 spiro atoms. The molecule has 0 aromatic carbocycles. The lowest BCUT2D eigenvalue weighted by molar-refractivity contribution is -0.141. The smallest absolute Gasteiger partial charge is 0.433 e. The van der Waals surface area contributed by atoms with Gasteiger partial charge >= 0.3 is 12.1 Å². The predicted octanol–water partition coefficient (Wildman–Crippen LogP) is 2.88. The van der Waals surface area contributed by atoms with Gasteiger partial charge < -0.3 is 9.47 Å². The normalized spacial score (nSPS) is 11.6. The number of alkyl halides is 3. The number of aryl methyl sites for hydroxylation is 1. The molecule has 11 heteroatoms. The van der Waals surface area contributed by atoms with E-state index in [0.29, 0.717) is 10.6 Å². The molecule has 25 heavy (non-hydrogen) atoms. The molecule has 2 rings (SSSR count). The molecular formula is C14H14BrF3N4O3. The number of rotatable bonds is 6. The second-order valence-corrected chi connectivity index (χ2v) is 5.53. The largest absolute Gasteiger partial charge is 0.462 e. The fourth-order valence-corrected chi connectivity index (χ4v) is 2.16. The number of aromatic nitrogens is 4.